The summed E-state index contributed by atoms with van der Waals surface area (Å²) < 4.78 is 2.35. The van der Waals surface area contributed by atoms with Crippen molar-refractivity contribution in [2.75, 3.05) is 0 Å². The number of rotatable bonds is 3. The predicted octanol–water partition coefficient (Wildman–Crippen LogP) is 8.77. The molecule has 2 heteroatoms. The molecule has 32 heavy (non-hydrogen) atoms. The van der Waals surface area contributed by atoms with Crippen molar-refractivity contribution in [1.82, 2.24) is 4.57 Å². The van der Waals surface area contributed by atoms with Crippen LogP contribution in [-0.2, 0) is 0 Å². The molecule has 5 aromatic carbocycles. The summed E-state index contributed by atoms with van der Waals surface area (Å²) in [6, 6.07) is 42.5. The fourth-order valence-electron chi connectivity index (χ4n) is 4.66. The molecule has 0 aliphatic rings. The Morgan fingerprint density at radius 3 is 1.72 bits per heavy atom. The Labute approximate surface area is 192 Å². The Hall–Kier alpha value is -3.81. The van der Waals surface area contributed by atoms with Crippen LogP contribution in [0.2, 0.25) is 5.02 Å². The molecule has 1 heterocycles. The molecule has 0 bridgehead atoms. The van der Waals surface area contributed by atoms with Gasteiger partial charge in [-0.3, -0.25) is 0 Å². The van der Waals surface area contributed by atoms with Crippen LogP contribution >= 0.6 is 11.6 Å². The molecule has 0 atom stereocenters. The Bertz CT molecular complexity index is 1540. The SMILES string of the molecule is Clc1ccccc1-c1ccccc1-c1cccc(-n2c3ccccc3c3ccccc32)c1. The summed E-state index contributed by atoms with van der Waals surface area (Å²) in [5.74, 6) is 0. The van der Waals surface area contributed by atoms with Crippen molar-refractivity contribution >= 4 is 33.4 Å². The highest BCUT2D eigenvalue weighted by Gasteiger charge is 2.14. The van der Waals surface area contributed by atoms with Crippen molar-refractivity contribution in [3.63, 3.8) is 0 Å². The van der Waals surface area contributed by atoms with Gasteiger partial charge < -0.3 is 4.57 Å². The van der Waals surface area contributed by atoms with Gasteiger partial charge in [-0.05, 0) is 47.0 Å². The first-order valence-corrected chi connectivity index (χ1v) is 11.1. The van der Waals surface area contributed by atoms with Gasteiger partial charge in [-0.25, -0.2) is 0 Å². The van der Waals surface area contributed by atoms with Crippen LogP contribution in [0.4, 0.5) is 0 Å². The van der Waals surface area contributed by atoms with Gasteiger partial charge in [0.2, 0.25) is 0 Å². The lowest BCUT2D eigenvalue weighted by atomic mass is 9.94. The van der Waals surface area contributed by atoms with Gasteiger partial charge in [-0.15, -0.1) is 0 Å². The topological polar surface area (TPSA) is 4.93 Å². The summed E-state index contributed by atoms with van der Waals surface area (Å²) >= 11 is 6.56. The molecule has 0 saturated carbocycles. The van der Waals surface area contributed by atoms with Gasteiger partial charge in [0.15, 0.2) is 0 Å². The van der Waals surface area contributed by atoms with Crippen molar-refractivity contribution in [3.8, 4) is 27.9 Å². The molecule has 152 valence electrons. The lowest BCUT2D eigenvalue weighted by molar-refractivity contribution is 1.18. The van der Waals surface area contributed by atoms with Crippen molar-refractivity contribution in [2.24, 2.45) is 0 Å². The Kier molecular flexibility index (Phi) is 4.56. The highest BCUT2D eigenvalue weighted by molar-refractivity contribution is 6.33. The number of halogens is 1. The number of para-hydroxylation sites is 2. The van der Waals surface area contributed by atoms with Gasteiger partial charge >= 0.3 is 0 Å². The predicted molar refractivity (Wildman–Crippen MR) is 137 cm³/mol. The molecule has 6 aromatic rings. The van der Waals surface area contributed by atoms with E-state index < -0.39 is 0 Å². The van der Waals surface area contributed by atoms with E-state index >= 15 is 0 Å². The molecule has 0 unspecified atom stereocenters. The zero-order valence-electron chi connectivity index (χ0n) is 17.4. The van der Waals surface area contributed by atoms with Gasteiger partial charge in [-0.2, -0.15) is 0 Å². The minimum atomic E-state index is 0.763. The molecule has 0 aliphatic carbocycles. The quantitative estimate of drug-likeness (QED) is 0.265. The summed E-state index contributed by atoms with van der Waals surface area (Å²) in [7, 11) is 0. The highest BCUT2D eigenvalue weighted by atomic mass is 35.5. The largest absolute Gasteiger partial charge is 0.309 e. The summed E-state index contributed by atoms with van der Waals surface area (Å²) in [6.45, 7) is 0. The van der Waals surface area contributed by atoms with E-state index in [4.69, 9.17) is 11.6 Å². The number of hydrogen-bond acceptors (Lipinski definition) is 0. The third-order valence-corrected chi connectivity index (χ3v) is 6.42. The van der Waals surface area contributed by atoms with Crippen molar-refractivity contribution in [2.45, 2.75) is 0 Å². The summed E-state index contributed by atoms with van der Waals surface area (Å²) in [5.41, 5.74) is 8.09. The van der Waals surface area contributed by atoms with E-state index in [-0.39, 0.29) is 0 Å². The number of fused-ring (bicyclic) bond motifs is 3. The molecular formula is C30H20ClN. The average molecular weight is 430 g/mol. The van der Waals surface area contributed by atoms with Crippen LogP contribution in [0.3, 0.4) is 0 Å². The minimum absolute atomic E-state index is 0.763. The smallest absolute Gasteiger partial charge is 0.0541 e. The van der Waals surface area contributed by atoms with E-state index in [0.717, 1.165) is 21.8 Å². The van der Waals surface area contributed by atoms with E-state index in [9.17, 15) is 0 Å². The van der Waals surface area contributed by atoms with Crippen LogP contribution in [0, 0.1) is 0 Å². The van der Waals surface area contributed by atoms with Crippen molar-refractivity contribution < 1.29 is 0 Å². The lowest BCUT2D eigenvalue weighted by Gasteiger charge is -2.14. The molecule has 0 aliphatic heterocycles. The van der Waals surface area contributed by atoms with E-state index in [0.29, 0.717) is 0 Å². The maximum Gasteiger partial charge on any atom is 0.0541 e. The second kappa shape index (κ2) is 7.71. The molecular weight excluding hydrogens is 410 g/mol. The lowest BCUT2D eigenvalue weighted by Crippen LogP contribution is -1.94. The number of nitrogens with zero attached hydrogens (tertiary/aromatic N) is 1. The summed E-state index contributed by atoms with van der Waals surface area (Å²) in [6.07, 6.45) is 0. The zero-order valence-corrected chi connectivity index (χ0v) is 18.1. The maximum absolute atomic E-state index is 6.56. The second-order valence-corrected chi connectivity index (χ2v) is 8.35. The molecule has 0 amide bonds. The summed E-state index contributed by atoms with van der Waals surface area (Å²) in [4.78, 5) is 0. The molecule has 1 aromatic heterocycles. The van der Waals surface area contributed by atoms with Crippen LogP contribution in [-0.4, -0.2) is 4.57 Å². The van der Waals surface area contributed by atoms with Crippen LogP contribution in [0.5, 0.6) is 0 Å². The molecule has 0 N–H and O–H groups in total. The third-order valence-electron chi connectivity index (χ3n) is 6.09. The zero-order chi connectivity index (χ0) is 21.5. The fraction of sp³-hybridized carbons (Fsp3) is 0. The molecule has 0 radical (unpaired) electrons. The van der Waals surface area contributed by atoms with Crippen LogP contribution in [0.15, 0.2) is 121 Å². The van der Waals surface area contributed by atoms with Crippen molar-refractivity contribution in [1.29, 1.82) is 0 Å². The molecule has 0 saturated heterocycles. The Morgan fingerprint density at radius 1 is 0.469 bits per heavy atom. The molecule has 1 nitrogen and oxygen atoms in total. The first kappa shape index (κ1) is 18.9. The third kappa shape index (κ3) is 3.02. The van der Waals surface area contributed by atoms with E-state index in [1.807, 2.05) is 18.2 Å². The first-order chi connectivity index (χ1) is 15.8. The maximum atomic E-state index is 6.56. The van der Waals surface area contributed by atoms with E-state index in [1.54, 1.807) is 0 Å². The van der Waals surface area contributed by atoms with Gasteiger partial charge in [-0.1, -0.05) is 103 Å². The van der Waals surface area contributed by atoms with E-state index in [2.05, 4.69) is 108 Å². The van der Waals surface area contributed by atoms with Crippen LogP contribution in [0.25, 0.3) is 49.7 Å². The number of hydrogen-bond donors (Lipinski definition) is 0. The number of benzene rings is 5. The van der Waals surface area contributed by atoms with Gasteiger partial charge in [0, 0.05) is 27.0 Å². The van der Waals surface area contributed by atoms with Crippen molar-refractivity contribution in [3.05, 3.63) is 126 Å². The standard InChI is InChI=1S/C30H20ClN/c31-28-17-6-3-14-25(28)24-13-2-1-12-23(24)21-10-9-11-22(20-21)32-29-18-7-4-15-26(29)27-16-5-8-19-30(27)32/h1-20H. The normalized spacial score (nSPS) is 11.3. The number of aromatic nitrogens is 1. The summed E-state index contributed by atoms with van der Waals surface area (Å²) in [5, 5.41) is 3.30. The second-order valence-electron chi connectivity index (χ2n) is 7.95. The minimum Gasteiger partial charge on any atom is -0.309 e. The Balaban J connectivity index is 1.59. The van der Waals surface area contributed by atoms with Gasteiger partial charge in [0.1, 0.15) is 0 Å². The highest BCUT2D eigenvalue weighted by Crippen LogP contribution is 2.37. The first-order valence-electron chi connectivity index (χ1n) is 10.7. The average Bonchev–Trinajstić information content (AvgIpc) is 3.19. The van der Waals surface area contributed by atoms with Crippen LogP contribution in [0.1, 0.15) is 0 Å². The molecule has 0 fully saturated rings. The Morgan fingerprint density at radius 2 is 1.03 bits per heavy atom. The van der Waals surface area contributed by atoms with Gasteiger partial charge in [0.25, 0.3) is 0 Å². The monoisotopic (exact) mass is 429 g/mol. The fourth-order valence-corrected chi connectivity index (χ4v) is 4.90. The van der Waals surface area contributed by atoms with Crippen LogP contribution < -0.4 is 0 Å². The van der Waals surface area contributed by atoms with Gasteiger partial charge in [0.05, 0.1) is 11.0 Å². The molecule has 0 spiro atoms. The molecule has 6 rings (SSSR count). The van der Waals surface area contributed by atoms with E-state index in [1.165, 1.54) is 32.9 Å².